The van der Waals surface area contributed by atoms with Crippen LogP contribution in [0.25, 0.3) is 0 Å². The molecular formula is C16H22ClFN2. The first-order valence-corrected chi connectivity index (χ1v) is 7.86. The van der Waals surface area contributed by atoms with Gasteiger partial charge in [-0.25, -0.2) is 4.39 Å². The Bertz CT molecular complexity index is 489. The second-order valence-corrected chi connectivity index (χ2v) is 6.85. The first-order valence-electron chi connectivity index (χ1n) is 7.48. The summed E-state index contributed by atoms with van der Waals surface area (Å²) in [5, 5.41) is 4.31. The van der Waals surface area contributed by atoms with E-state index < -0.39 is 0 Å². The van der Waals surface area contributed by atoms with E-state index in [1.165, 1.54) is 18.9 Å². The molecule has 1 saturated carbocycles. The first kappa shape index (κ1) is 14.3. The van der Waals surface area contributed by atoms with Crippen LogP contribution in [0.5, 0.6) is 0 Å². The first-order chi connectivity index (χ1) is 9.57. The molecule has 1 unspecified atom stereocenters. The average molecular weight is 297 g/mol. The van der Waals surface area contributed by atoms with Gasteiger partial charge in [0.25, 0.3) is 0 Å². The minimum absolute atomic E-state index is 0.153. The quantitative estimate of drug-likeness (QED) is 0.919. The van der Waals surface area contributed by atoms with Gasteiger partial charge in [-0.2, -0.15) is 0 Å². The van der Waals surface area contributed by atoms with Gasteiger partial charge in [-0.05, 0) is 63.4 Å². The van der Waals surface area contributed by atoms with Gasteiger partial charge in [0, 0.05) is 29.2 Å². The summed E-state index contributed by atoms with van der Waals surface area (Å²) in [5.74, 6) is 0.632. The van der Waals surface area contributed by atoms with Gasteiger partial charge in [0.05, 0.1) is 0 Å². The van der Waals surface area contributed by atoms with Crippen LogP contribution in [0.15, 0.2) is 18.2 Å². The number of hydrogen-bond acceptors (Lipinski definition) is 2. The van der Waals surface area contributed by atoms with E-state index >= 15 is 0 Å². The summed E-state index contributed by atoms with van der Waals surface area (Å²) in [6.07, 6.45) is 3.76. The van der Waals surface area contributed by atoms with Gasteiger partial charge in [0.1, 0.15) is 5.82 Å². The number of nitrogens with one attached hydrogen (secondary N) is 1. The fourth-order valence-corrected chi connectivity index (χ4v) is 3.51. The lowest BCUT2D eigenvalue weighted by molar-refractivity contribution is 0.193. The third-order valence-corrected chi connectivity index (χ3v) is 4.85. The van der Waals surface area contributed by atoms with Gasteiger partial charge in [-0.1, -0.05) is 11.6 Å². The molecule has 2 nitrogen and oxygen atoms in total. The molecule has 2 fully saturated rings. The van der Waals surface area contributed by atoms with Crippen molar-refractivity contribution in [1.82, 2.24) is 10.2 Å². The Morgan fingerprint density at radius 2 is 2.25 bits per heavy atom. The smallest absolute Gasteiger partial charge is 0.127 e. The Balaban J connectivity index is 1.73. The lowest BCUT2D eigenvalue weighted by atomic mass is 9.95. The molecule has 4 heteroatoms. The molecular weight excluding hydrogens is 275 g/mol. The van der Waals surface area contributed by atoms with Gasteiger partial charge in [0.15, 0.2) is 0 Å². The Labute approximate surface area is 125 Å². The maximum atomic E-state index is 13.9. The second-order valence-electron chi connectivity index (χ2n) is 6.42. The van der Waals surface area contributed by atoms with Crippen molar-refractivity contribution in [1.29, 1.82) is 0 Å². The molecule has 0 spiro atoms. The summed E-state index contributed by atoms with van der Waals surface area (Å²) in [5.41, 5.74) is 0.892. The Hall–Kier alpha value is -0.640. The molecule has 0 amide bonds. The fraction of sp³-hybridized carbons (Fsp3) is 0.625. The summed E-state index contributed by atoms with van der Waals surface area (Å²) in [7, 11) is 0. The van der Waals surface area contributed by atoms with Crippen LogP contribution in [-0.4, -0.2) is 30.1 Å². The van der Waals surface area contributed by atoms with Crippen molar-refractivity contribution in [2.75, 3.05) is 19.6 Å². The monoisotopic (exact) mass is 296 g/mol. The molecule has 3 rings (SSSR count). The largest absolute Gasteiger partial charge is 0.310 e. The van der Waals surface area contributed by atoms with Crippen LogP contribution in [0, 0.1) is 11.7 Å². The van der Waals surface area contributed by atoms with E-state index in [2.05, 4.69) is 17.1 Å². The highest BCUT2D eigenvalue weighted by Crippen LogP contribution is 2.40. The van der Waals surface area contributed by atoms with Crippen LogP contribution in [-0.2, 0) is 6.54 Å². The maximum Gasteiger partial charge on any atom is 0.127 e. The van der Waals surface area contributed by atoms with E-state index in [1.807, 2.05) is 0 Å². The second kappa shape index (κ2) is 5.63. The molecule has 1 aliphatic carbocycles. The SMILES string of the molecule is CC1(C2CC2)CN(Cc2cc(Cl)ccc2F)CCCN1. The van der Waals surface area contributed by atoms with Crippen molar-refractivity contribution in [2.45, 2.75) is 38.3 Å². The normalized spacial score (nSPS) is 28.4. The molecule has 0 bridgehead atoms. The number of nitrogens with zero attached hydrogens (tertiary/aromatic N) is 1. The molecule has 0 aromatic heterocycles. The summed E-state index contributed by atoms with van der Waals surface area (Å²) < 4.78 is 13.9. The van der Waals surface area contributed by atoms with Crippen molar-refractivity contribution in [3.05, 3.63) is 34.6 Å². The van der Waals surface area contributed by atoms with Crippen LogP contribution < -0.4 is 5.32 Å². The highest BCUT2D eigenvalue weighted by atomic mass is 35.5. The summed E-state index contributed by atoms with van der Waals surface area (Å²) in [6, 6.07) is 4.83. The molecule has 1 saturated heterocycles. The summed E-state index contributed by atoms with van der Waals surface area (Å²) >= 11 is 5.99. The predicted octanol–water partition coefficient (Wildman–Crippen LogP) is 3.44. The number of hydrogen-bond donors (Lipinski definition) is 1. The van der Waals surface area contributed by atoms with Crippen molar-refractivity contribution in [2.24, 2.45) is 5.92 Å². The molecule has 0 radical (unpaired) electrons. The zero-order chi connectivity index (χ0) is 14.2. The van der Waals surface area contributed by atoms with Crippen molar-refractivity contribution in [3.63, 3.8) is 0 Å². The molecule has 110 valence electrons. The van der Waals surface area contributed by atoms with Crippen LogP contribution in [0.3, 0.4) is 0 Å². The maximum absolute atomic E-state index is 13.9. The average Bonchev–Trinajstić information content (AvgIpc) is 3.22. The Kier molecular flexibility index (Phi) is 4.02. The minimum Gasteiger partial charge on any atom is -0.310 e. The van der Waals surface area contributed by atoms with Crippen LogP contribution >= 0.6 is 11.6 Å². The Morgan fingerprint density at radius 3 is 3.00 bits per heavy atom. The predicted molar refractivity (Wildman–Crippen MR) is 80.4 cm³/mol. The van der Waals surface area contributed by atoms with Crippen LogP contribution in [0.2, 0.25) is 5.02 Å². The molecule has 1 aromatic rings. The lowest BCUT2D eigenvalue weighted by Gasteiger charge is -2.34. The standard InChI is InChI=1S/C16H22ClFN2/c1-16(13-3-4-13)11-20(8-2-7-19-16)10-12-9-14(17)5-6-15(12)18/h5-6,9,13,19H,2-4,7-8,10-11H2,1H3. The summed E-state index contributed by atoms with van der Waals surface area (Å²) in [6.45, 7) is 6.03. The van der Waals surface area contributed by atoms with Crippen molar-refractivity contribution >= 4 is 11.6 Å². The molecule has 2 aliphatic rings. The van der Waals surface area contributed by atoms with E-state index in [4.69, 9.17) is 11.6 Å². The molecule has 20 heavy (non-hydrogen) atoms. The molecule has 1 N–H and O–H groups in total. The number of benzene rings is 1. The molecule has 1 aromatic carbocycles. The Morgan fingerprint density at radius 1 is 1.45 bits per heavy atom. The summed E-state index contributed by atoms with van der Waals surface area (Å²) in [4.78, 5) is 2.37. The highest BCUT2D eigenvalue weighted by Gasteiger charge is 2.42. The lowest BCUT2D eigenvalue weighted by Crippen LogP contribution is -2.50. The van der Waals surface area contributed by atoms with Gasteiger partial charge in [-0.15, -0.1) is 0 Å². The zero-order valence-corrected chi connectivity index (χ0v) is 12.7. The number of halogens is 2. The molecule has 1 aliphatic heterocycles. The van der Waals surface area contributed by atoms with E-state index in [9.17, 15) is 4.39 Å². The third-order valence-electron chi connectivity index (χ3n) is 4.61. The molecule has 1 heterocycles. The van der Waals surface area contributed by atoms with Gasteiger partial charge in [-0.3, -0.25) is 4.90 Å². The van der Waals surface area contributed by atoms with Gasteiger partial charge < -0.3 is 5.32 Å². The van der Waals surface area contributed by atoms with Gasteiger partial charge in [0.2, 0.25) is 0 Å². The fourth-order valence-electron chi connectivity index (χ4n) is 3.31. The topological polar surface area (TPSA) is 15.3 Å². The van der Waals surface area contributed by atoms with E-state index in [-0.39, 0.29) is 11.4 Å². The highest BCUT2D eigenvalue weighted by molar-refractivity contribution is 6.30. The van der Waals surface area contributed by atoms with Crippen LogP contribution in [0.4, 0.5) is 4.39 Å². The van der Waals surface area contributed by atoms with Crippen molar-refractivity contribution in [3.8, 4) is 0 Å². The van der Waals surface area contributed by atoms with Crippen LogP contribution in [0.1, 0.15) is 31.7 Å². The van der Waals surface area contributed by atoms with Crippen molar-refractivity contribution < 1.29 is 4.39 Å². The zero-order valence-electron chi connectivity index (χ0n) is 12.0. The molecule has 1 atom stereocenters. The van der Waals surface area contributed by atoms with Gasteiger partial charge >= 0.3 is 0 Å². The third kappa shape index (κ3) is 3.16. The van der Waals surface area contributed by atoms with E-state index in [0.29, 0.717) is 17.1 Å². The van der Waals surface area contributed by atoms with E-state index in [0.717, 1.165) is 32.0 Å². The van der Waals surface area contributed by atoms with E-state index in [1.54, 1.807) is 12.1 Å². The minimum atomic E-state index is -0.153. The number of rotatable bonds is 3.